The van der Waals surface area contributed by atoms with Crippen LogP contribution in [0.4, 0.5) is 0 Å². The van der Waals surface area contributed by atoms with Crippen molar-refractivity contribution in [2.24, 2.45) is 7.05 Å². The van der Waals surface area contributed by atoms with Crippen LogP contribution in [0.15, 0.2) is 29.4 Å². The van der Waals surface area contributed by atoms with Gasteiger partial charge in [-0.15, -0.1) is 16.9 Å². The first-order valence-corrected chi connectivity index (χ1v) is 6.07. The minimum atomic E-state index is 0.238. The summed E-state index contributed by atoms with van der Waals surface area (Å²) in [6.45, 7) is 0. The number of rotatable bonds is 3. The number of aryl methyl sites for hydroxylation is 1. The van der Waals surface area contributed by atoms with E-state index in [9.17, 15) is 0 Å². The topological polar surface area (TPSA) is 63.7 Å². The molecule has 0 aliphatic carbocycles. The first-order valence-electron chi connectivity index (χ1n) is 4.85. The lowest BCUT2D eigenvalue weighted by Crippen LogP contribution is -1.93. The van der Waals surface area contributed by atoms with Crippen molar-refractivity contribution in [2.45, 2.75) is 4.90 Å². The molecule has 1 aromatic heterocycles. The maximum Gasteiger partial charge on any atom is 0.341 e. The highest BCUT2D eigenvalue weighted by atomic mass is 32.2. The van der Waals surface area contributed by atoms with Gasteiger partial charge in [0.25, 0.3) is 0 Å². The van der Waals surface area contributed by atoms with Gasteiger partial charge in [0.2, 0.25) is 0 Å². The zero-order chi connectivity index (χ0) is 12.3. The van der Waals surface area contributed by atoms with Crippen LogP contribution in [0.1, 0.15) is 5.56 Å². The Morgan fingerprint density at radius 3 is 2.88 bits per heavy atom. The Bertz CT molecular complexity index is 573. The van der Waals surface area contributed by atoms with Gasteiger partial charge in [0.15, 0.2) is 0 Å². The Kier molecular flexibility index (Phi) is 3.30. The molecule has 0 saturated carbocycles. The number of nitriles is 1. The van der Waals surface area contributed by atoms with Gasteiger partial charge in [-0.1, -0.05) is 6.07 Å². The monoisotopic (exact) mass is 246 g/mol. The molecule has 0 radical (unpaired) electrons. The Balaban J connectivity index is 2.36. The van der Waals surface area contributed by atoms with Gasteiger partial charge in [-0.25, -0.2) is 0 Å². The summed E-state index contributed by atoms with van der Waals surface area (Å²) in [5.74, 6) is 0.477. The number of aromatic nitrogens is 3. The van der Waals surface area contributed by atoms with Gasteiger partial charge in [0.1, 0.15) is 23.7 Å². The van der Waals surface area contributed by atoms with Crippen molar-refractivity contribution < 1.29 is 4.74 Å². The molecule has 0 bridgehead atoms. The number of nitrogens with zero attached hydrogens (tertiary/aromatic N) is 4. The number of ether oxygens (including phenoxy) is 1. The first kappa shape index (κ1) is 11.5. The van der Waals surface area contributed by atoms with Crippen LogP contribution in [-0.4, -0.2) is 21.0 Å². The molecule has 0 atom stereocenters. The maximum atomic E-state index is 9.12. The second kappa shape index (κ2) is 4.89. The van der Waals surface area contributed by atoms with E-state index in [1.807, 2.05) is 18.4 Å². The number of thioether (sulfide) groups is 1. The Morgan fingerprint density at radius 1 is 1.47 bits per heavy atom. The van der Waals surface area contributed by atoms with E-state index < -0.39 is 0 Å². The fraction of sp³-hybridized carbons (Fsp3) is 0.182. The average Bonchev–Trinajstić information content (AvgIpc) is 2.74. The molecular formula is C11H10N4OS. The predicted octanol–water partition coefficient (Wildman–Crippen LogP) is 2.20. The molecule has 0 saturated heterocycles. The van der Waals surface area contributed by atoms with Crippen molar-refractivity contribution in [2.75, 3.05) is 6.26 Å². The van der Waals surface area contributed by atoms with Crippen LogP contribution < -0.4 is 4.74 Å². The zero-order valence-electron chi connectivity index (χ0n) is 9.41. The molecule has 0 N–H and O–H groups in total. The van der Waals surface area contributed by atoms with Crippen LogP contribution in [0, 0.1) is 11.3 Å². The van der Waals surface area contributed by atoms with Crippen molar-refractivity contribution in [3.63, 3.8) is 0 Å². The summed E-state index contributed by atoms with van der Waals surface area (Å²) in [5.41, 5.74) is 0.507. The van der Waals surface area contributed by atoms with Gasteiger partial charge in [0, 0.05) is 11.9 Å². The van der Waals surface area contributed by atoms with Crippen molar-refractivity contribution in [3.8, 4) is 17.8 Å². The molecule has 1 heterocycles. The lowest BCUT2D eigenvalue weighted by atomic mass is 10.2. The van der Waals surface area contributed by atoms with E-state index in [1.54, 1.807) is 24.1 Å². The Morgan fingerprint density at radius 2 is 2.29 bits per heavy atom. The number of hydrogen-bond acceptors (Lipinski definition) is 5. The van der Waals surface area contributed by atoms with E-state index in [0.717, 1.165) is 4.90 Å². The SMILES string of the molecule is CSc1cccc(Oc2ncn(C)n2)c1C#N. The highest BCUT2D eigenvalue weighted by molar-refractivity contribution is 7.98. The van der Waals surface area contributed by atoms with Crippen molar-refractivity contribution in [1.82, 2.24) is 14.8 Å². The molecule has 0 aliphatic rings. The van der Waals surface area contributed by atoms with Crippen molar-refractivity contribution in [3.05, 3.63) is 30.1 Å². The zero-order valence-corrected chi connectivity index (χ0v) is 10.2. The quantitative estimate of drug-likeness (QED) is 0.777. The summed E-state index contributed by atoms with van der Waals surface area (Å²) >= 11 is 1.50. The number of benzene rings is 1. The van der Waals surface area contributed by atoms with Crippen LogP contribution in [-0.2, 0) is 7.05 Å². The van der Waals surface area contributed by atoms with Crippen LogP contribution in [0.5, 0.6) is 11.8 Å². The predicted molar refractivity (Wildman–Crippen MR) is 64.0 cm³/mol. The third-order valence-corrected chi connectivity index (χ3v) is 2.88. The highest BCUT2D eigenvalue weighted by Crippen LogP contribution is 2.29. The van der Waals surface area contributed by atoms with Crippen molar-refractivity contribution in [1.29, 1.82) is 5.26 Å². The van der Waals surface area contributed by atoms with Crippen molar-refractivity contribution >= 4 is 11.8 Å². The van der Waals surface area contributed by atoms with Gasteiger partial charge < -0.3 is 4.74 Å². The average molecular weight is 246 g/mol. The molecule has 0 spiro atoms. The van der Waals surface area contributed by atoms with Gasteiger partial charge in [0.05, 0.1) is 0 Å². The molecular weight excluding hydrogens is 236 g/mol. The molecule has 0 amide bonds. The smallest absolute Gasteiger partial charge is 0.341 e. The van der Waals surface area contributed by atoms with E-state index in [4.69, 9.17) is 10.00 Å². The van der Waals surface area contributed by atoms with E-state index in [-0.39, 0.29) is 6.01 Å². The Labute approximate surface area is 103 Å². The van der Waals surface area contributed by atoms with E-state index >= 15 is 0 Å². The fourth-order valence-corrected chi connectivity index (χ4v) is 1.91. The first-order chi connectivity index (χ1) is 8.24. The third kappa shape index (κ3) is 2.40. The molecule has 6 heteroatoms. The molecule has 0 aliphatic heterocycles. The molecule has 2 aromatic rings. The summed E-state index contributed by atoms with van der Waals surface area (Å²) in [6.07, 6.45) is 3.46. The van der Waals surface area contributed by atoms with Gasteiger partial charge in [-0.2, -0.15) is 10.2 Å². The normalized spacial score (nSPS) is 9.94. The lowest BCUT2D eigenvalue weighted by Gasteiger charge is -2.06. The van der Waals surface area contributed by atoms with E-state index in [2.05, 4.69) is 16.2 Å². The fourth-order valence-electron chi connectivity index (χ4n) is 1.34. The summed E-state index contributed by atoms with van der Waals surface area (Å²) in [6, 6.07) is 7.82. The summed E-state index contributed by atoms with van der Waals surface area (Å²) in [7, 11) is 1.75. The highest BCUT2D eigenvalue weighted by Gasteiger charge is 2.11. The molecule has 86 valence electrons. The van der Waals surface area contributed by atoms with Crippen LogP contribution in [0.2, 0.25) is 0 Å². The van der Waals surface area contributed by atoms with E-state index in [0.29, 0.717) is 11.3 Å². The molecule has 5 nitrogen and oxygen atoms in total. The molecule has 1 aromatic carbocycles. The Hall–Kier alpha value is -2.00. The lowest BCUT2D eigenvalue weighted by molar-refractivity contribution is 0.436. The van der Waals surface area contributed by atoms with Crippen LogP contribution in [0.25, 0.3) is 0 Å². The molecule has 2 rings (SSSR count). The van der Waals surface area contributed by atoms with Gasteiger partial charge in [-0.05, 0) is 18.4 Å². The summed E-state index contributed by atoms with van der Waals surface area (Å²) in [4.78, 5) is 4.83. The van der Waals surface area contributed by atoms with Crippen LogP contribution >= 0.6 is 11.8 Å². The minimum absolute atomic E-state index is 0.238. The van der Waals surface area contributed by atoms with Crippen LogP contribution in [0.3, 0.4) is 0 Å². The molecule has 17 heavy (non-hydrogen) atoms. The van der Waals surface area contributed by atoms with Gasteiger partial charge in [-0.3, -0.25) is 4.68 Å². The largest absolute Gasteiger partial charge is 0.422 e. The summed E-state index contributed by atoms with van der Waals surface area (Å²) < 4.78 is 7.03. The maximum absolute atomic E-state index is 9.12. The summed E-state index contributed by atoms with van der Waals surface area (Å²) in [5, 5.41) is 13.1. The third-order valence-electron chi connectivity index (χ3n) is 2.10. The standard InChI is InChI=1S/C11H10N4OS/c1-15-7-13-11(14-15)16-9-4-3-5-10(17-2)8(9)6-12/h3-5,7H,1-2H3. The molecule has 0 unspecified atom stereocenters. The second-order valence-electron chi connectivity index (χ2n) is 3.25. The van der Waals surface area contributed by atoms with Gasteiger partial charge >= 0.3 is 6.01 Å². The van der Waals surface area contributed by atoms with E-state index in [1.165, 1.54) is 11.8 Å². The second-order valence-corrected chi connectivity index (χ2v) is 4.10. The molecule has 0 fully saturated rings. The minimum Gasteiger partial charge on any atom is -0.422 e. The number of hydrogen-bond donors (Lipinski definition) is 0.